The molecule has 17 heavy (non-hydrogen) atoms. The maximum atomic E-state index is 12.1. The molecular formula is C12H16N2O3. The zero-order chi connectivity index (χ0) is 12.6. The van der Waals surface area contributed by atoms with Gasteiger partial charge < -0.3 is 4.74 Å². The van der Waals surface area contributed by atoms with Gasteiger partial charge in [-0.25, -0.2) is 9.78 Å². The lowest BCUT2D eigenvalue weighted by molar-refractivity contribution is 0.0591. The molecule has 1 atom stereocenters. The molecule has 5 nitrogen and oxygen atoms in total. The number of hydrogen-bond donors (Lipinski definition) is 0. The number of nitrogens with zero attached hydrogens (tertiary/aromatic N) is 2. The van der Waals surface area contributed by atoms with Crippen LogP contribution < -0.4 is 5.56 Å². The van der Waals surface area contributed by atoms with E-state index in [0.29, 0.717) is 17.9 Å². The van der Waals surface area contributed by atoms with Gasteiger partial charge >= 0.3 is 5.97 Å². The lowest BCUT2D eigenvalue weighted by Gasteiger charge is -2.23. The van der Waals surface area contributed by atoms with Gasteiger partial charge in [-0.2, -0.15) is 0 Å². The SMILES string of the molecule is COC(=O)c1nc2n(c(=O)c1C)CCCC2C. The molecule has 0 saturated heterocycles. The van der Waals surface area contributed by atoms with E-state index in [1.165, 1.54) is 7.11 Å². The normalized spacial score (nSPS) is 18.6. The summed E-state index contributed by atoms with van der Waals surface area (Å²) >= 11 is 0. The average Bonchev–Trinajstić information content (AvgIpc) is 2.33. The smallest absolute Gasteiger partial charge is 0.357 e. The number of methoxy groups -OCH3 is 1. The van der Waals surface area contributed by atoms with Gasteiger partial charge in [0.25, 0.3) is 5.56 Å². The van der Waals surface area contributed by atoms with E-state index in [2.05, 4.69) is 9.72 Å². The topological polar surface area (TPSA) is 61.2 Å². The molecule has 0 spiro atoms. The van der Waals surface area contributed by atoms with E-state index in [-0.39, 0.29) is 17.2 Å². The summed E-state index contributed by atoms with van der Waals surface area (Å²) in [6, 6.07) is 0. The van der Waals surface area contributed by atoms with Crippen LogP contribution in [-0.2, 0) is 11.3 Å². The molecule has 0 amide bonds. The van der Waals surface area contributed by atoms with Gasteiger partial charge in [0.2, 0.25) is 0 Å². The van der Waals surface area contributed by atoms with Crippen molar-refractivity contribution in [3.63, 3.8) is 0 Å². The van der Waals surface area contributed by atoms with Crippen molar-refractivity contribution in [2.45, 2.75) is 39.2 Å². The summed E-state index contributed by atoms with van der Waals surface area (Å²) in [6.07, 6.45) is 1.98. The highest BCUT2D eigenvalue weighted by Crippen LogP contribution is 2.24. The van der Waals surface area contributed by atoms with Crippen LogP contribution in [0.3, 0.4) is 0 Å². The highest BCUT2D eigenvalue weighted by molar-refractivity contribution is 5.88. The first-order chi connectivity index (χ1) is 8.06. The van der Waals surface area contributed by atoms with Crippen molar-refractivity contribution in [3.8, 4) is 0 Å². The molecule has 0 aliphatic carbocycles. The fourth-order valence-electron chi connectivity index (χ4n) is 2.24. The summed E-state index contributed by atoms with van der Waals surface area (Å²) in [5.74, 6) is 0.369. The van der Waals surface area contributed by atoms with Gasteiger partial charge in [-0.3, -0.25) is 9.36 Å². The van der Waals surface area contributed by atoms with Crippen LogP contribution in [0.15, 0.2) is 4.79 Å². The van der Waals surface area contributed by atoms with Crippen molar-refractivity contribution in [3.05, 3.63) is 27.4 Å². The molecule has 0 radical (unpaired) electrons. The van der Waals surface area contributed by atoms with Crippen molar-refractivity contribution in [2.24, 2.45) is 0 Å². The fourth-order valence-corrected chi connectivity index (χ4v) is 2.24. The van der Waals surface area contributed by atoms with Crippen molar-refractivity contribution in [2.75, 3.05) is 7.11 Å². The summed E-state index contributed by atoms with van der Waals surface area (Å²) in [4.78, 5) is 28.0. The number of rotatable bonds is 1. The Morgan fingerprint density at radius 1 is 1.53 bits per heavy atom. The van der Waals surface area contributed by atoms with Gasteiger partial charge in [0.1, 0.15) is 5.82 Å². The van der Waals surface area contributed by atoms with E-state index >= 15 is 0 Å². The Morgan fingerprint density at radius 3 is 2.88 bits per heavy atom. The molecular weight excluding hydrogens is 220 g/mol. The minimum Gasteiger partial charge on any atom is -0.464 e. The van der Waals surface area contributed by atoms with Gasteiger partial charge in [0.05, 0.1) is 7.11 Å². The Morgan fingerprint density at radius 2 is 2.24 bits per heavy atom. The molecule has 1 aliphatic heterocycles. The molecule has 1 aromatic rings. The first kappa shape index (κ1) is 11.8. The molecule has 0 aromatic carbocycles. The second-order valence-electron chi connectivity index (χ2n) is 4.44. The number of carbonyl (C=O) groups excluding carboxylic acids is 1. The molecule has 1 aliphatic rings. The standard InChI is InChI=1S/C12H16N2O3/c1-7-5-4-6-14-10(7)13-9(12(16)17-3)8(2)11(14)15/h7H,4-6H2,1-3H3. The zero-order valence-electron chi connectivity index (χ0n) is 10.3. The Kier molecular flexibility index (Phi) is 3.00. The molecule has 0 bridgehead atoms. The molecule has 5 heteroatoms. The fraction of sp³-hybridized carbons (Fsp3) is 0.583. The van der Waals surface area contributed by atoms with Gasteiger partial charge in [-0.15, -0.1) is 0 Å². The maximum absolute atomic E-state index is 12.1. The van der Waals surface area contributed by atoms with Gasteiger partial charge in [0.15, 0.2) is 5.69 Å². The number of esters is 1. The minimum absolute atomic E-state index is 0.123. The van der Waals surface area contributed by atoms with E-state index in [0.717, 1.165) is 12.8 Å². The van der Waals surface area contributed by atoms with E-state index < -0.39 is 5.97 Å². The Bertz CT molecular complexity index is 519. The highest BCUT2D eigenvalue weighted by atomic mass is 16.5. The first-order valence-corrected chi connectivity index (χ1v) is 5.76. The lowest BCUT2D eigenvalue weighted by atomic mass is 10.00. The van der Waals surface area contributed by atoms with Crippen LogP contribution in [-0.4, -0.2) is 22.6 Å². The zero-order valence-corrected chi connectivity index (χ0v) is 10.3. The third kappa shape index (κ3) is 1.85. The van der Waals surface area contributed by atoms with Crippen LogP contribution in [0.1, 0.15) is 47.6 Å². The maximum Gasteiger partial charge on any atom is 0.357 e. The van der Waals surface area contributed by atoms with Crippen LogP contribution in [0.5, 0.6) is 0 Å². The number of aromatic nitrogens is 2. The van der Waals surface area contributed by atoms with Crippen LogP contribution in [0.4, 0.5) is 0 Å². The molecule has 92 valence electrons. The van der Waals surface area contributed by atoms with E-state index in [4.69, 9.17) is 0 Å². The monoisotopic (exact) mass is 236 g/mol. The Labute approximate surface area is 99.4 Å². The van der Waals surface area contributed by atoms with Crippen molar-refractivity contribution >= 4 is 5.97 Å². The molecule has 1 aromatic heterocycles. The predicted molar refractivity (Wildman–Crippen MR) is 62.2 cm³/mol. The van der Waals surface area contributed by atoms with Crippen molar-refractivity contribution in [1.29, 1.82) is 0 Å². The highest BCUT2D eigenvalue weighted by Gasteiger charge is 2.24. The molecule has 2 rings (SSSR count). The second kappa shape index (κ2) is 4.31. The van der Waals surface area contributed by atoms with Gasteiger partial charge in [0, 0.05) is 18.0 Å². The summed E-state index contributed by atoms with van der Waals surface area (Å²) in [7, 11) is 1.30. The summed E-state index contributed by atoms with van der Waals surface area (Å²) in [6.45, 7) is 4.33. The number of hydrogen-bond acceptors (Lipinski definition) is 4. The summed E-state index contributed by atoms with van der Waals surface area (Å²) in [5.41, 5.74) is 0.397. The van der Waals surface area contributed by atoms with Crippen molar-refractivity contribution in [1.82, 2.24) is 9.55 Å². The quantitative estimate of drug-likeness (QED) is 0.688. The third-order valence-corrected chi connectivity index (χ3v) is 3.26. The van der Waals surface area contributed by atoms with Gasteiger partial charge in [-0.05, 0) is 19.8 Å². The third-order valence-electron chi connectivity index (χ3n) is 3.26. The van der Waals surface area contributed by atoms with Crippen LogP contribution in [0, 0.1) is 6.92 Å². The average molecular weight is 236 g/mol. The minimum atomic E-state index is -0.541. The van der Waals surface area contributed by atoms with E-state index in [1.54, 1.807) is 11.5 Å². The lowest BCUT2D eigenvalue weighted by Crippen LogP contribution is -2.33. The molecule has 0 saturated carbocycles. The van der Waals surface area contributed by atoms with Crippen molar-refractivity contribution < 1.29 is 9.53 Å². The van der Waals surface area contributed by atoms with Crippen LogP contribution >= 0.6 is 0 Å². The summed E-state index contributed by atoms with van der Waals surface area (Å²) in [5, 5.41) is 0. The number of ether oxygens (including phenoxy) is 1. The molecule has 0 N–H and O–H groups in total. The summed E-state index contributed by atoms with van der Waals surface area (Å²) < 4.78 is 6.33. The molecule has 2 heterocycles. The van der Waals surface area contributed by atoms with E-state index in [9.17, 15) is 9.59 Å². The first-order valence-electron chi connectivity index (χ1n) is 5.76. The predicted octanol–water partition coefficient (Wildman–Crippen LogP) is 1.24. The molecule has 1 unspecified atom stereocenters. The van der Waals surface area contributed by atoms with Crippen LogP contribution in [0.2, 0.25) is 0 Å². The molecule has 0 fully saturated rings. The number of carbonyl (C=O) groups is 1. The Balaban J connectivity index is 2.66. The Hall–Kier alpha value is -1.65. The van der Waals surface area contributed by atoms with Gasteiger partial charge in [-0.1, -0.05) is 6.92 Å². The van der Waals surface area contributed by atoms with Crippen LogP contribution in [0.25, 0.3) is 0 Å². The van der Waals surface area contributed by atoms with E-state index in [1.807, 2.05) is 6.92 Å². The number of fused-ring (bicyclic) bond motifs is 1. The second-order valence-corrected chi connectivity index (χ2v) is 4.44. The largest absolute Gasteiger partial charge is 0.464 e.